The number of benzene rings is 1. The topological polar surface area (TPSA) is 68.2 Å². The highest BCUT2D eigenvalue weighted by Crippen LogP contribution is 2.41. The van der Waals surface area contributed by atoms with Crippen molar-refractivity contribution in [3.05, 3.63) is 30.0 Å². The van der Waals surface area contributed by atoms with Crippen LogP contribution in [0.3, 0.4) is 0 Å². The van der Waals surface area contributed by atoms with Crippen LogP contribution in [0.15, 0.2) is 24.5 Å². The minimum atomic E-state index is -0.424. The maximum absolute atomic E-state index is 13.4. The molecule has 1 aliphatic carbocycles. The molecule has 1 saturated carbocycles. The largest absolute Gasteiger partial charge is 0.496 e. The quantitative estimate of drug-likeness (QED) is 0.797. The van der Waals surface area contributed by atoms with E-state index in [0.717, 1.165) is 25.2 Å². The van der Waals surface area contributed by atoms with Crippen LogP contribution >= 0.6 is 0 Å². The summed E-state index contributed by atoms with van der Waals surface area (Å²) in [7, 11) is 3.17. The first-order chi connectivity index (χ1) is 14.5. The van der Waals surface area contributed by atoms with Crippen LogP contribution in [0.5, 0.6) is 11.5 Å². The predicted octanol–water partition coefficient (Wildman–Crippen LogP) is 3.13. The van der Waals surface area contributed by atoms with Crippen LogP contribution in [0.4, 0.5) is 0 Å². The Morgan fingerprint density at radius 3 is 2.70 bits per heavy atom. The van der Waals surface area contributed by atoms with Crippen LogP contribution < -0.4 is 9.47 Å². The lowest BCUT2D eigenvalue weighted by molar-refractivity contribution is -0.133. The van der Waals surface area contributed by atoms with Crippen LogP contribution in [0.1, 0.15) is 38.2 Å². The molecule has 0 aromatic heterocycles. The Labute approximate surface area is 178 Å². The average Bonchev–Trinajstić information content (AvgIpc) is 2.75. The number of ketones is 1. The molecule has 1 aromatic carbocycles. The minimum Gasteiger partial charge on any atom is -0.496 e. The van der Waals surface area contributed by atoms with Crippen LogP contribution in [0, 0.1) is 17.8 Å². The maximum Gasteiger partial charge on any atom is 0.173 e. The maximum atomic E-state index is 13.4. The van der Waals surface area contributed by atoms with Gasteiger partial charge in [0.05, 0.1) is 38.1 Å². The molecule has 1 N–H and O–H groups in total. The number of methoxy groups -OCH3 is 2. The highest BCUT2D eigenvalue weighted by atomic mass is 16.5. The molecule has 0 radical (unpaired) electrons. The number of piperidine rings is 1. The fraction of sp³-hybridized carbons (Fsp3) is 0.625. The lowest BCUT2D eigenvalue weighted by atomic mass is 9.72. The van der Waals surface area contributed by atoms with Crippen molar-refractivity contribution in [3.8, 4) is 11.5 Å². The van der Waals surface area contributed by atoms with Gasteiger partial charge in [0.25, 0.3) is 0 Å². The Morgan fingerprint density at radius 1 is 1.17 bits per heavy atom. The molecule has 164 valence electrons. The highest BCUT2D eigenvalue weighted by Gasteiger charge is 2.46. The lowest BCUT2D eigenvalue weighted by Crippen LogP contribution is -2.52. The van der Waals surface area contributed by atoms with Gasteiger partial charge in [-0.05, 0) is 55.8 Å². The number of fused-ring (bicyclic) bond motifs is 1. The molecule has 1 saturated heterocycles. The second kappa shape index (κ2) is 8.98. The molecule has 3 aliphatic rings. The van der Waals surface area contributed by atoms with E-state index in [2.05, 4.69) is 11.8 Å². The lowest BCUT2D eigenvalue weighted by Gasteiger charge is -2.44. The van der Waals surface area contributed by atoms with E-state index >= 15 is 0 Å². The monoisotopic (exact) mass is 415 g/mol. The number of hydrogen-bond acceptors (Lipinski definition) is 6. The number of likely N-dealkylation sites (tertiary alicyclic amines) is 1. The molecule has 2 aliphatic heterocycles. The summed E-state index contributed by atoms with van der Waals surface area (Å²) < 4.78 is 16.9. The number of aliphatic hydroxyl groups is 1. The Balaban J connectivity index is 1.55. The van der Waals surface area contributed by atoms with Gasteiger partial charge in [-0.3, -0.25) is 4.79 Å². The number of ether oxygens (including phenoxy) is 3. The minimum absolute atomic E-state index is 0.0406. The summed E-state index contributed by atoms with van der Waals surface area (Å²) in [4.78, 5) is 15.8. The third-order valence-electron chi connectivity index (χ3n) is 6.94. The fourth-order valence-corrected chi connectivity index (χ4v) is 5.32. The van der Waals surface area contributed by atoms with Crippen molar-refractivity contribution >= 4 is 11.4 Å². The molecule has 0 spiro atoms. The molecular formula is C24H33NO5. The summed E-state index contributed by atoms with van der Waals surface area (Å²) in [6, 6.07) is 5.48. The molecule has 1 aromatic rings. The van der Waals surface area contributed by atoms with Crippen LogP contribution in [-0.2, 0) is 9.53 Å². The SMILES string of the molecule is COc1ccc(C2=COC3C(CCC(O)C3CN3CCCC(C)C3)C2=O)cc1OC. The highest BCUT2D eigenvalue weighted by molar-refractivity contribution is 6.22. The number of carbonyl (C=O) groups is 1. The van der Waals surface area contributed by atoms with E-state index in [1.807, 2.05) is 12.1 Å². The Kier molecular flexibility index (Phi) is 6.34. The number of nitrogens with zero attached hydrogens (tertiary/aromatic N) is 1. The second-order valence-corrected chi connectivity index (χ2v) is 8.99. The Hall–Kier alpha value is -2.05. The van der Waals surface area contributed by atoms with E-state index in [-0.39, 0.29) is 23.7 Å². The fourth-order valence-electron chi connectivity index (χ4n) is 5.32. The summed E-state index contributed by atoms with van der Waals surface area (Å²) >= 11 is 0. The molecule has 5 unspecified atom stereocenters. The van der Waals surface area contributed by atoms with Gasteiger partial charge in [-0.15, -0.1) is 0 Å². The third-order valence-corrected chi connectivity index (χ3v) is 6.94. The van der Waals surface area contributed by atoms with E-state index in [1.54, 1.807) is 26.5 Å². The van der Waals surface area contributed by atoms with Crippen molar-refractivity contribution in [1.29, 1.82) is 0 Å². The zero-order chi connectivity index (χ0) is 21.3. The van der Waals surface area contributed by atoms with Crippen molar-refractivity contribution in [3.63, 3.8) is 0 Å². The van der Waals surface area contributed by atoms with Gasteiger partial charge in [-0.2, -0.15) is 0 Å². The number of aliphatic hydroxyl groups excluding tert-OH is 1. The number of carbonyl (C=O) groups excluding carboxylic acids is 1. The van der Waals surface area contributed by atoms with E-state index < -0.39 is 6.10 Å². The predicted molar refractivity (Wildman–Crippen MR) is 114 cm³/mol. The molecule has 6 nitrogen and oxygen atoms in total. The van der Waals surface area contributed by atoms with E-state index in [1.165, 1.54) is 12.8 Å². The molecule has 0 bridgehead atoms. The summed E-state index contributed by atoms with van der Waals surface area (Å²) in [5.74, 6) is 1.74. The van der Waals surface area contributed by atoms with Gasteiger partial charge in [0.15, 0.2) is 17.3 Å². The van der Waals surface area contributed by atoms with Gasteiger partial charge in [-0.25, -0.2) is 0 Å². The summed E-state index contributed by atoms with van der Waals surface area (Å²) in [5, 5.41) is 10.7. The first-order valence-corrected chi connectivity index (χ1v) is 11.0. The first-order valence-electron chi connectivity index (χ1n) is 11.0. The van der Waals surface area contributed by atoms with Gasteiger partial charge in [-0.1, -0.05) is 13.0 Å². The first kappa shape index (κ1) is 21.2. The van der Waals surface area contributed by atoms with Crippen molar-refractivity contribution in [1.82, 2.24) is 4.90 Å². The van der Waals surface area contributed by atoms with Gasteiger partial charge in [0, 0.05) is 19.0 Å². The Bertz CT molecular complexity index is 807. The standard InChI is InChI=1S/C24H33NO5/c1-15-5-4-10-25(12-15)13-18-20(26)8-7-17-23(27)19(14-30-24(17)18)16-6-9-21(28-2)22(11-16)29-3/h6,9,11,14-15,17-18,20,24,26H,4-5,7-8,10,12-13H2,1-3H3. The van der Waals surface area contributed by atoms with Crippen LogP contribution in [0.25, 0.3) is 5.57 Å². The molecular weight excluding hydrogens is 382 g/mol. The normalized spacial score (nSPS) is 32.1. The van der Waals surface area contributed by atoms with Crippen molar-refractivity contribution < 1.29 is 24.1 Å². The summed E-state index contributed by atoms with van der Waals surface area (Å²) in [5.41, 5.74) is 1.34. The van der Waals surface area contributed by atoms with Crippen molar-refractivity contribution in [2.45, 2.75) is 44.8 Å². The zero-order valence-electron chi connectivity index (χ0n) is 18.2. The van der Waals surface area contributed by atoms with Gasteiger partial charge < -0.3 is 24.2 Å². The number of Topliss-reactive ketones (excluding diaryl/α,β-unsaturated/α-hetero) is 1. The molecule has 0 amide bonds. The van der Waals surface area contributed by atoms with Crippen LogP contribution in [-0.4, -0.2) is 61.9 Å². The molecule has 5 atom stereocenters. The third kappa shape index (κ3) is 4.08. The van der Waals surface area contributed by atoms with E-state index in [4.69, 9.17) is 14.2 Å². The van der Waals surface area contributed by atoms with Gasteiger partial charge in [0.2, 0.25) is 0 Å². The van der Waals surface area contributed by atoms with E-state index in [9.17, 15) is 9.90 Å². The number of hydrogen-bond donors (Lipinski definition) is 1. The molecule has 2 heterocycles. The molecule has 30 heavy (non-hydrogen) atoms. The summed E-state index contributed by atoms with van der Waals surface area (Å²) in [6.45, 7) is 5.19. The smallest absolute Gasteiger partial charge is 0.173 e. The number of allylic oxidation sites excluding steroid dienone is 1. The molecule has 6 heteroatoms. The van der Waals surface area contributed by atoms with Gasteiger partial charge >= 0.3 is 0 Å². The molecule has 2 fully saturated rings. The zero-order valence-corrected chi connectivity index (χ0v) is 18.2. The van der Waals surface area contributed by atoms with Crippen molar-refractivity contribution in [2.24, 2.45) is 17.8 Å². The average molecular weight is 416 g/mol. The van der Waals surface area contributed by atoms with Crippen LogP contribution in [0.2, 0.25) is 0 Å². The number of rotatable bonds is 5. The summed E-state index contributed by atoms with van der Waals surface area (Å²) in [6.07, 6.45) is 4.67. The van der Waals surface area contributed by atoms with E-state index in [0.29, 0.717) is 35.8 Å². The van der Waals surface area contributed by atoms with Gasteiger partial charge in [0.1, 0.15) is 6.10 Å². The Morgan fingerprint density at radius 2 is 1.97 bits per heavy atom. The van der Waals surface area contributed by atoms with Crippen molar-refractivity contribution in [2.75, 3.05) is 33.9 Å². The second-order valence-electron chi connectivity index (χ2n) is 8.99. The molecule has 4 rings (SSSR count).